The summed E-state index contributed by atoms with van der Waals surface area (Å²) < 4.78 is 33.8. The van der Waals surface area contributed by atoms with Crippen molar-refractivity contribution in [1.29, 1.82) is 0 Å². The molecule has 21 heavy (non-hydrogen) atoms. The van der Waals surface area contributed by atoms with E-state index in [0.717, 1.165) is 18.4 Å². The summed E-state index contributed by atoms with van der Waals surface area (Å²) in [4.78, 5) is 0. The summed E-state index contributed by atoms with van der Waals surface area (Å²) in [6.45, 7) is 1.31. The molecule has 0 bridgehead atoms. The largest absolute Gasteiger partial charge is 0.396 e. The molecular weight excluding hydrogens is 292 g/mol. The topological polar surface area (TPSA) is 78.9 Å². The standard InChI is InChI=1S/C14H22N2O4S/c1-20-11-12-4-2-6-14(8-12)15-21(18,19)16-7-3-5-13(9-16)10-17/h2,4,6,8,13,15,17H,3,5,7,9-11H2,1H3. The number of aliphatic hydroxyl groups is 1. The molecule has 1 aromatic carbocycles. The lowest BCUT2D eigenvalue weighted by Gasteiger charge is -2.31. The maximum Gasteiger partial charge on any atom is 0.301 e. The van der Waals surface area contributed by atoms with E-state index in [1.165, 1.54) is 4.31 Å². The molecule has 1 fully saturated rings. The van der Waals surface area contributed by atoms with Crippen LogP contribution in [-0.2, 0) is 21.6 Å². The van der Waals surface area contributed by atoms with Crippen LogP contribution in [0.3, 0.4) is 0 Å². The number of rotatable bonds is 6. The Morgan fingerprint density at radius 1 is 1.48 bits per heavy atom. The van der Waals surface area contributed by atoms with E-state index in [1.54, 1.807) is 25.3 Å². The van der Waals surface area contributed by atoms with Crippen molar-refractivity contribution in [3.63, 3.8) is 0 Å². The van der Waals surface area contributed by atoms with Gasteiger partial charge < -0.3 is 9.84 Å². The quantitative estimate of drug-likeness (QED) is 0.827. The van der Waals surface area contributed by atoms with Gasteiger partial charge in [0.2, 0.25) is 0 Å². The van der Waals surface area contributed by atoms with Crippen LogP contribution in [0.5, 0.6) is 0 Å². The van der Waals surface area contributed by atoms with Crippen LogP contribution in [0.1, 0.15) is 18.4 Å². The molecule has 0 aliphatic carbocycles. The SMILES string of the molecule is COCc1cccc(NS(=O)(=O)N2CCCC(CO)C2)c1. The fourth-order valence-electron chi connectivity index (χ4n) is 2.50. The van der Waals surface area contributed by atoms with Gasteiger partial charge in [-0.15, -0.1) is 0 Å². The molecule has 1 aliphatic rings. The zero-order valence-corrected chi connectivity index (χ0v) is 13.0. The molecular formula is C14H22N2O4S. The molecule has 118 valence electrons. The summed E-state index contributed by atoms with van der Waals surface area (Å²) in [5, 5.41) is 9.20. The molecule has 0 aromatic heterocycles. The van der Waals surface area contributed by atoms with Gasteiger partial charge in [-0.05, 0) is 36.5 Å². The Labute approximate surface area is 125 Å². The Kier molecular flexibility index (Phi) is 5.58. The molecule has 1 heterocycles. The summed E-state index contributed by atoms with van der Waals surface area (Å²) in [6, 6.07) is 7.14. The maximum absolute atomic E-state index is 12.4. The van der Waals surface area contributed by atoms with Crippen molar-refractivity contribution in [2.24, 2.45) is 5.92 Å². The van der Waals surface area contributed by atoms with Crippen molar-refractivity contribution in [1.82, 2.24) is 4.31 Å². The van der Waals surface area contributed by atoms with E-state index < -0.39 is 10.2 Å². The fourth-order valence-corrected chi connectivity index (χ4v) is 3.83. The highest BCUT2D eigenvalue weighted by Gasteiger charge is 2.28. The predicted molar refractivity (Wildman–Crippen MR) is 81.1 cm³/mol. The van der Waals surface area contributed by atoms with E-state index in [0.29, 0.717) is 25.4 Å². The van der Waals surface area contributed by atoms with Gasteiger partial charge in [0.05, 0.1) is 12.3 Å². The second kappa shape index (κ2) is 7.22. The van der Waals surface area contributed by atoms with Crippen molar-refractivity contribution >= 4 is 15.9 Å². The molecule has 2 N–H and O–H groups in total. The minimum Gasteiger partial charge on any atom is -0.396 e. The second-order valence-electron chi connectivity index (χ2n) is 5.29. The van der Waals surface area contributed by atoms with Gasteiger partial charge in [0, 0.05) is 26.8 Å². The van der Waals surface area contributed by atoms with E-state index in [9.17, 15) is 13.5 Å². The number of piperidine rings is 1. The maximum atomic E-state index is 12.4. The zero-order valence-electron chi connectivity index (χ0n) is 12.2. The van der Waals surface area contributed by atoms with Gasteiger partial charge in [-0.3, -0.25) is 4.72 Å². The highest BCUT2D eigenvalue weighted by Crippen LogP contribution is 2.21. The lowest BCUT2D eigenvalue weighted by atomic mass is 10.0. The lowest BCUT2D eigenvalue weighted by molar-refractivity contribution is 0.166. The summed E-state index contributed by atoms with van der Waals surface area (Å²) in [5.41, 5.74) is 1.43. The van der Waals surface area contributed by atoms with Crippen molar-refractivity contribution in [3.8, 4) is 0 Å². The monoisotopic (exact) mass is 314 g/mol. The van der Waals surface area contributed by atoms with Crippen LogP contribution < -0.4 is 4.72 Å². The number of methoxy groups -OCH3 is 1. The van der Waals surface area contributed by atoms with E-state index in [1.807, 2.05) is 6.07 Å². The summed E-state index contributed by atoms with van der Waals surface area (Å²) >= 11 is 0. The van der Waals surface area contributed by atoms with Gasteiger partial charge in [-0.2, -0.15) is 12.7 Å². The molecule has 1 unspecified atom stereocenters. The summed E-state index contributed by atoms with van der Waals surface area (Å²) in [5.74, 6) is 0.0233. The van der Waals surface area contributed by atoms with Crippen LogP contribution in [0.4, 0.5) is 5.69 Å². The van der Waals surface area contributed by atoms with Gasteiger partial charge in [0.25, 0.3) is 0 Å². The van der Waals surface area contributed by atoms with E-state index in [4.69, 9.17) is 4.74 Å². The van der Waals surface area contributed by atoms with Crippen molar-refractivity contribution in [3.05, 3.63) is 29.8 Å². The number of hydrogen-bond acceptors (Lipinski definition) is 4. The first-order valence-corrected chi connectivity index (χ1v) is 8.46. The molecule has 0 saturated carbocycles. The van der Waals surface area contributed by atoms with Crippen LogP contribution in [-0.4, -0.2) is 44.6 Å². The van der Waals surface area contributed by atoms with Crippen LogP contribution in [0, 0.1) is 5.92 Å². The lowest BCUT2D eigenvalue weighted by Crippen LogP contribution is -2.43. The molecule has 1 aliphatic heterocycles. The van der Waals surface area contributed by atoms with Gasteiger partial charge in [0.1, 0.15) is 0 Å². The zero-order chi connectivity index (χ0) is 15.3. The molecule has 1 saturated heterocycles. The Balaban J connectivity index is 2.08. The Bertz CT molecular complexity index is 562. The van der Waals surface area contributed by atoms with Crippen molar-refractivity contribution in [2.75, 3.05) is 31.5 Å². The number of nitrogens with zero attached hydrogens (tertiary/aromatic N) is 1. The van der Waals surface area contributed by atoms with E-state index in [2.05, 4.69) is 4.72 Å². The number of ether oxygens (including phenoxy) is 1. The minimum atomic E-state index is -3.58. The van der Waals surface area contributed by atoms with Gasteiger partial charge in [-0.25, -0.2) is 0 Å². The highest BCUT2D eigenvalue weighted by atomic mass is 32.2. The highest BCUT2D eigenvalue weighted by molar-refractivity contribution is 7.90. The normalized spacial score (nSPS) is 20.4. The van der Waals surface area contributed by atoms with Gasteiger partial charge in [0.15, 0.2) is 0 Å². The average molecular weight is 314 g/mol. The molecule has 6 nitrogen and oxygen atoms in total. The number of nitrogens with one attached hydrogen (secondary N) is 1. The van der Waals surface area contributed by atoms with Crippen LogP contribution in [0.2, 0.25) is 0 Å². The summed E-state index contributed by atoms with van der Waals surface area (Å²) in [6.07, 6.45) is 1.64. The first-order chi connectivity index (χ1) is 10.0. The third-order valence-corrected chi connectivity index (χ3v) is 5.07. The van der Waals surface area contributed by atoms with Gasteiger partial charge in [-0.1, -0.05) is 12.1 Å². The predicted octanol–water partition coefficient (Wildman–Crippen LogP) is 1.19. The van der Waals surface area contributed by atoms with E-state index in [-0.39, 0.29) is 12.5 Å². The third-order valence-electron chi connectivity index (χ3n) is 3.56. The first kappa shape index (κ1) is 16.2. The number of anilines is 1. The number of aliphatic hydroxyl groups excluding tert-OH is 1. The molecule has 1 atom stereocenters. The number of benzene rings is 1. The molecule has 0 spiro atoms. The van der Waals surface area contributed by atoms with Crippen LogP contribution >= 0.6 is 0 Å². The van der Waals surface area contributed by atoms with Crippen LogP contribution in [0.25, 0.3) is 0 Å². The Morgan fingerprint density at radius 3 is 3.00 bits per heavy atom. The second-order valence-corrected chi connectivity index (χ2v) is 6.96. The molecule has 0 amide bonds. The van der Waals surface area contributed by atoms with E-state index >= 15 is 0 Å². The Morgan fingerprint density at radius 2 is 2.29 bits per heavy atom. The molecule has 7 heteroatoms. The Hall–Kier alpha value is -1.15. The summed E-state index contributed by atoms with van der Waals surface area (Å²) in [7, 11) is -1.98. The molecule has 2 rings (SSSR count). The number of hydrogen-bond donors (Lipinski definition) is 2. The third kappa shape index (κ3) is 4.41. The minimum absolute atomic E-state index is 0.0232. The van der Waals surface area contributed by atoms with Crippen LogP contribution in [0.15, 0.2) is 24.3 Å². The molecule has 1 aromatic rings. The van der Waals surface area contributed by atoms with Gasteiger partial charge >= 0.3 is 10.2 Å². The smallest absolute Gasteiger partial charge is 0.301 e. The average Bonchev–Trinajstić information content (AvgIpc) is 2.47. The fraction of sp³-hybridized carbons (Fsp3) is 0.571. The van der Waals surface area contributed by atoms with Crippen molar-refractivity contribution in [2.45, 2.75) is 19.4 Å². The first-order valence-electron chi connectivity index (χ1n) is 7.02. The van der Waals surface area contributed by atoms with Crippen molar-refractivity contribution < 1.29 is 18.3 Å². The molecule has 0 radical (unpaired) electrons.